The molecule has 0 saturated heterocycles. The summed E-state index contributed by atoms with van der Waals surface area (Å²) in [6.07, 6.45) is 6.15. The van der Waals surface area contributed by atoms with E-state index in [0.29, 0.717) is 12.1 Å². The monoisotopic (exact) mass is 229 g/mol. The molecule has 0 radical (unpaired) electrons. The molecular weight excluding hydrogens is 198 g/mol. The average Bonchev–Trinajstić information content (AvgIpc) is 2.17. The van der Waals surface area contributed by atoms with Gasteiger partial charge in [-0.3, -0.25) is 0 Å². The van der Waals surface area contributed by atoms with Gasteiger partial charge < -0.3 is 10.1 Å². The van der Waals surface area contributed by atoms with Crippen LogP contribution < -0.4 is 5.32 Å². The molecule has 0 aliphatic heterocycles. The Bertz CT molecular complexity index is 162. The molecule has 0 spiro atoms. The molecule has 0 rings (SSSR count). The van der Waals surface area contributed by atoms with Crippen LogP contribution >= 0.6 is 0 Å². The van der Waals surface area contributed by atoms with E-state index < -0.39 is 0 Å². The number of methoxy groups -OCH3 is 1. The lowest BCUT2D eigenvalue weighted by Crippen LogP contribution is -2.41. The van der Waals surface area contributed by atoms with Gasteiger partial charge in [-0.1, -0.05) is 26.7 Å². The van der Waals surface area contributed by atoms with Crippen molar-refractivity contribution in [3.05, 3.63) is 0 Å². The lowest BCUT2D eigenvalue weighted by molar-refractivity contribution is 0.00750. The molecule has 2 heteroatoms. The van der Waals surface area contributed by atoms with E-state index in [2.05, 4.69) is 39.9 Å². The topological polar surface area (TPSA) is 21.3 Å². The second-order valence-electron chi connectivity index (χ2n) is 5.51. The van der Waals surface area contributed by atoms with Crippen LogP contribution in [0.4, 0.5) is 0 Å². The molecule has 0 aromatic carbocycles. The van der Waals surface area contributed by atoms with Gasteiger partial charge in [-0.05, 0) is 40.0 Å². The highest BCUT2D eigenvalue weighted by Gasteiger charge is 2.21. The van der Waals surface area contributed by atoms with Crippen LogP contribution in [-0.4, -0.2) is 24.8 Å². The maximum atomic E-state index is 5.47. The van der Waals surface area contributed by atoms with Crippen molar-refractivity contribution in [2.24, 2.45) is 0 Å². The number of hydrogen-bond donors (Lipinski definition) is 1. The van der Waals surface area contributed by atoms with Gasteiger partial charge in [0.2, 0.25) is 0 Å². The van der Waals surface area contributed by atoms with Gasteiger partial charge >= 0.3 is 0 Å². The van der Waals surface area contributed by atoms with E-state index >= 15 is 0 Å². The Kier molecular flexibility index (Phi) is 8.04. The molecule has 0 heterocycles. The van der Waals surface area contributed by atoms with Gasteiger partial charge in [0, 0.05) is 19.2 Å². The molecule has 0 aliphatic carbocycles. The third-order valence-electron chi connectivity index (χ3n) is 3.14. The van der Waals surface area contributed by atoms with E-state index in [1.54, 1.807) is 7.11 Å². The van der Waals surface area contributed by atoms with E-state index in [1.165, 1.54) is 25.7 Å². The molecule has 1 unspecified atom stereocenters. The van der Waals surface area contributed by atoms with E-state index in [1.807, 2.05) is 0 Å². The lowest BCUT2D eigenvalue weighted by atomic mass is 9.98. The highest BCUT2D eigenvalue weighted by atomic mass is 16.5. The average molecular weight is 229 g/mol. The number of ether oxygens (including phenoxy) is 1. The largest absolute Gasteiger partial charge is 0.379 e. The summed E-state index contributed by atoms with van der Waals surface area (Å²) in [5.41, 5.74) is -0.0185. The Morgan fingerprint density at radius 2 is 1.62 bits per heavy atom. The second kappa shape index (κ2) is 8.08. The van der Waals surface area contributed by atoms with Gasteiger partial charge in [0.05, 0.1) is 5.60 Å². The summed E-state index contributed by atoms with van der Waals surface area (Å²) in [6.45, 7) is 11.1. The van der Waals surface area contributed by atoms with Crippen molar-refractivity contribution in [2.75, 3.05) is 7.11 Å². The minimum Gasteiger partial charge on any atom is -0.379 e. The van der Waals surface area contributed by atoms with Crippen LogP contribution in [0.5, 0.6) is 0 Å². The van der Waals surface area contributed by atoms with Gasteiger partial charge in [0.1, 0.15) is 0 Å². The summed E-state index contributed by atoms with van der Waals surface area (Å²) in [4.78, 5) is 0. The molecule has 0 saturated carbocycles. The van der Waals surface area contributed by atoms with Crippen molar-refractivity contribution in [2.45, 2.75) is 84.4 Å². The summed E-state index contributed by atoms with van der Waals surface area (Å²) >= 11 is 0. The third-order valence-corrected chi connectivity index (χ3v) is 3.14. The van der Waals surface area contributed by atoms with Crippen molar-refractivity contribution in [1.29, 1.82) is 0 Å². The maximum Gasteiger partial charge on any atom is 0.0637 e. The molecule has 1 N–H and O–H groups in total. The lowest BCUT2D eigenvalue weighted by Gasteiger charge is -2.30. The quantitative estimate of drug-likeness (QED) is 0.650. The minimum atomic E-state index is -0.0185. The molecule has 2 nitrogen and oxygen atoms in total. The van der Waals surface area contributed by atoms with Crippen LogP contribution in [0.3, 0.4) is 0 Å². The fourth-order valence-electron chi connectivity index (χ4n) is 2.29. The number of rotatable bonds is 9. The Balaban J connectivity index is 4.02. The first-order chi connectivity index (χ1) is 7.45. The zero-order valence-electron chi connectivity index (χ0n) is 12.1. The standard InChI is InChI=1S/C14H31NO/c1-7-9-13(10-8-2)15-12(3)11-14(4,5)16-6/h12-13,15H,7-11H2,1-6H3. The molecule has 0 aromatic heterocycles. The van der Waals surface area contributed by atoms with Crippen molar-refractivity contribution in [1.82, 2.24) is 5.32 Å². The Labute approximate surface area is 102 Å². The smallest absolute Gasteiger partial charge is 0.0637 e. The molecule has 0 aliphatic rings. The number of nitrogens with one attached hydrogen (secondary N) is 1. The SMILES string of the molecule is CCCC(CCC)NC(C)CC(C)(C)OC. The summed E-state index contributed by atoms with van der Waals surface area (Å²) < 4.78 is 5.47. The van der Waals surface area contributed by atoms with Crippen molar-refractivity contribution >= 4 is 0 Å². The first-order valence-electron chi connectivity index (χ1n) is 6.76. The fraction of sp³-hybridized carbons (Fsp3) is 1.00. The molecule has 0 amide bonds. The van der Waals surface area contributed by atoms with E-state index in [0.717, 1.165) is 6.42 Å². The Morgan fingerprint density at radius 1 is 1.12 bits per heavy atom. The zero-order valence-corrected chi connectivity index (χ0v) is 12.1. The summed E-state index contributed by atoms with van der Waals surface area (Å²) in [6, 6.07) is 1.20. The highest BCUT2D eigenvalue weighted by Crippen LogP contribution is 2.16. The van der Waals surface area contributed by atoms with Gasteiger partial charge in [0.15, 0.2) is 0 Å². The molecule has 0 bridgehead atoms. The predicted molar refractivity (Wildman–Crippen MR) is 71.9 cm³/mol. The summed E-state index contributed by atoms with van der Waals surface area (Å²) in [5, 5.41) is 3.73. The predicted octanol–water partition coefficient (Wildman–Crippen LogP) is 3.75. The normalized spacial score (nSPS) is 14.4. The van der Waals surface area contributed by atoms with Crippen LogP contribution in [0.15, 0.2) is 0 Å². The zero-order chi connectivity index (χ0) is 12.6. The number of hydrogen-bond acceptors (Lipinski definition) is 2. The van der Waals surface area contributed by atoms with Crippen LogP contribution in [0, 0.1) is 0 Å². The molecule has 0 aromatic rings. The molecule has 1 atom stereocenters. The summed E-state index contributed by atoms with van der Waals surface area (Å²) in [7, 11) is 1.79. The molecule has 98 valence electrons. The summed E-state index contributed by atoms with van der Waals surface area (Å²) in [5.74, 6) is 0. The fourth-order valence-corrected chi connectivity index (χ4v) is 2.29. The van der Waals surface area contributed by atoms with Crippen LogP contribution in [0.2, 0.25) is 0 Å². The van der Waals surface area contributed by atoms with E-state index in [-0.39, 0.29) is 5.60 Å². The molecule has 0 fully saturated rings. The van der Waals surface area contributed by atoms with Crippen LogP contribution in [0.1, 0.15) is 66.7 Å². The molecular formula is C14H31NO. The van der Waals surface area contributed by atoms with Crippen molar-refractivity contribution in [3.8, 4) is 0 Å². The second-order valence-corrected chi connectivity index (χ2v) is 5.51. The third kappa shape index (κ3) is 7.24. The van der Waals surface area contributed by atoms with E-state index in [9.17, 15) is 0 Å². The van der Waals surface area contributed by atoms with Gasteiger partial charge in [-0.25, -0.2) is 0 Å². The Hall–Kier alpha value is -0.0800. The minimum absolute atomic E-state index is 0.0185. The maximum absolute atomic E-state index is 5.47. The van der Waals surface area contributed by atoms with Crippen molar-refractivity contribution < 1.29 is 4.74 Å². The van der Waals surface area contributed by atoms with E-state index in [4.69, 9.17) is 4.74 Å². The first kappa shape index (κ1) is 15.9. The molecule has 16 heavy (non-hydrogen) atoms. The van der Waals surface area contributed by atoms with Gasteiger partial charge in [0.25, 0.3) is 0 Å². The van der Waals surface area contributed by atoms with Crippen molar-refractivity contribution in [3.63, 3.8) is 0 Å². The van der Waals surface area contributed by atoms with Crippen LogP contribution in [-0.2, 0) is 4.74 Å². The van der Waals surface area contributed by atoms with Gasteiger partial charge in [-0.15, -0.1) is 0 Å². The van der Waals surface area contributed by atoms with Crippen LogP contribution in [0.25, 0.3) is 0 Å². The van der Waals surface area contributed by atoms with Gasteiger partial charge in [-0.2, -0.15) is 0 Å². The highest BCUT2D eigenvalue weighted by molar-refractivity contribution is 4.78. The first-order valence-corrected chi connectivity index (χ1v) is 6.76. The Morgan fingerprint density at radius 3 is 2.00 bits per heavy atom.